The Balaban J connectivity index is 1.21. The van der Waals surface area contributed by atoms with Crippen LogP contribution >= 0.6 is 34.4 Å². The van der Waals surface area contributed by atoms with E-state index in [1.807, 2.05) is 22.7 Å². The Bertz CT molecular complexity index is 1860. The van der Waals surface area contributed by atoms with Crippen LogP contribution in [-0.2, 0) is 6.42 Å². The van der Waals surface area contributed by atoms with Gasteiger partial charge < -0.3 is 4.74 Å². The Morgan fingerprint density at radius 1 is 0.653 bits per heavy atom. The molecule has 4 nitrogen and oxygen atoms in total. The van der Waals surface area contributed by atoms with Gasteiger partial charge in [0.15, 0.2) is 0 Å². The zero-order valence-corrected chi connectivity index (χ0v) is 32.7. The number of hydrogen-bond acceptors (Lipinski definition) is 7. The fourth-order valence-electron chi connectivity index (χ4n) is 7.17. The molecular weight excluding hydrogens is 659 g/mol. The van der Waals surface area contributed by atoms with E-state index in [1.165, 1.54) is 137 Å². The van der Waals surface area contributed by atoms with E-state index in [9.17, 15) is 0 Å². The fraction of sp³-hybridized carbons (Fsp3) is 0.500. The Kier molecular flexibility index (Phi) is 12.7. The number of unbranched alkanes of at least 4 members (excludes halogenated alkanes) is 12. The summed E-state index contributed by atoms with van der Waals surface area (Å²) in [5.41, 5.74) is 11.4. The molecule has 3 heterocycles. The van der Waals surface area contributed by atoms with Crippen LogP contribution in [0.1, 0.15) is 136 Å². The summed E-state index contributed by atoms with van der Waals surface area (Å²) in [4.78, 5) is 10.5. The number of aryl methyl sites for hydroxylation is 3. The maximum Gasteiger partial charge on any atom is 0.128 e. The summed E-state index contributed by atoms with van der Waals surface area (Å²) in [6.07, 6.45) is 19.5. The predicted molar refractivity (Wildman–Crippen MR) is 215 cm³/mol. The van der Waals surface area contributed by atoms with Crippen molar-refractivity contribution in [1.82, 2.24) is 8.75 Å². The second-order valence-corrected chi connectivity index (χ2v) is 16.7. The first-order valence-electron chi connectivity index (χ1n) is 18.8. The van der Waals surface area contributed by atoms with Crippen LogP contribution in [0.3, 0.4) is 0 Å². The molecule has 0 unspecified atom stereocenters. The number of thiophene rings is 2. The summed E-state index contributed by atoms with van der Waals surface area (Å²) in [6, 6.07) is 13.6. The summed E-state index contributed by atoms with van der Waals surface area (Å²) in [6.45, 7) is 11.9. The van der Waals surface area contributed by atoms with Crippen molar-refractivity contribution < 1.29 is 4.74 Å². The Hall–Kier alpha value is -2.87. The normalized spacial score (nSPS) is 13.1. The van der Waals surface area contributed by atoms with Crippen LogP contribution in [0.5, 0.6) is 5.75 Å². The highest BCUT2D eigenvalue weighted by Crippen LogP contribution is 2.52. The molecule has 49 heavy (non-hydrogen) atoms. The molecule has 0 fully saturated rings. The second kappa shape index (κ2) is 17.4. The van der Waals surface area contributed by atoms with Crippen molar-refractivity contribution in [2.24, 2.45) is 4.99 Å². The van der Waals surface area contributed by atoms with E-state index in [2.05, 4.69) is 71.0 Å². The Morgan fingerprint density at radius 3 is 1.98 bits per heavy atom. The maximum atomic E-state index is 6.58. The number of nitrogens with zero attached hydrogens (tertiary/aromatic N) is 3. The molecule has 0 aliphatic heterocycles. The molecule has 0 spiro atoms. The molecule has 0 amide bonds. The van der Waals surface area contributed by atoms with Gasteiger partial charge in [-0.05, 0) is 69.9 Å². The maximum absolute atomic E-state index is 6.58. The lowest BCUT2D eigenvalue weighted by molar-refractivity contribution is 0.301. The molecule has 0 radical (unpaired) electrons. The van der Waals surface area contributed by atoms with Gasteiger partial charge in [0.1, 0.15) is 16.8 Å². The number of benzene rings is 2. The van der Waals surface area contributed by atoms with E-state index >= 15 is 0 Å². The molecule has 1 aliphatic carbocycles. The van der Waals surface area contributed by atoms with Crippen molar-refractivity contribution in [3.63, 3.8) is 0 Å². The number of aliphatic imine (C=N–C) groups is 1. The van der Waals surface area contributed by atoms with Crippen LogP contribution in [0.2, 0.25) is 0 Å². The molecule has 2 aromatic carbocycles. The third-order valence-electron chi connectivity index (χ3n) is 9.93. The monoisotopic (exact) mass is 711 g/mol. The van der Waals surface area contributed by atoms with Crippen LogP contribution in [0.4, 0.5) is 5.69 Å². The van der Waals surface area contributed by atoms with Crippen LogP contribution in [0, 0.1) is 20.8 Å². The molecule has 1 aliphatic rings. The molecule has 6 rings (SSSR count). The zero-order chi connectivity index (χ0) is 34.2. The van der Waals surface area contributed by atoms with E-state index in [0.717, 1.165) is 58.8 Å². The summed E-state index contributed by atoms with van der Waals surface area (Å²) >= 11 is 5.04. The molecule has 3 aromatic heterocycles. The van der Waals surface area contributed by atoms with E-state index in [0.29, 0.717) is 0 Å². The number of ether oxygens (including phenoxy) is 1. The number of hydrogen-bond donors (Lipinski definition) is 0. The highest BCUT2D eigenvalue weighted by molar-refractivity contribution is 7.25. The smallest absolute Gasteiger partial charge is 0.128 e. The first-order chi connectivity index (χ1) is 24.0. The molecule has 5 aromatic rings. The quantitative estimate of drug-likeness (QED) is 0.0786. The van der Waals surface area contributed by atoms with Crippen molar-refractivity contribution in [3.05, 3.63) is 69.1 Å². The lowest BCUT2D eigenvalue weighted by atomic mass is 9.99. The minimum absolute atomic E-state index is 0.744. The first-order valence-corrected chi connectivity index (χ1v) is 21.2. The van der Waals surface area contributed by atoms with Gasteiger partial charge in [-0.2, -0.15) is 8.75 Å². The van der Waals surface area contributed by atoms with Gasteiger partial charge in [0, 0.05) is 37.6 Å². The molecule has 260 valence electrons. The second-order valence-electron chi connectivity index (χ2n) is 13.8. The molecule has 7 heteroatoms. The van der Waals surface area contributed by atoms with Gasteiger partial charge in [0.2, 0.25) is 0 Å². The zero-order valence-electron chi connectivity index (χ0n) is 30.3. The highest BCUT2D eigenvalue weighted by atomic mass is 32.1. The summed E-state index contributed by atoms with van der Waals surface area (Å²) in [5, 5.41) is 0. The molecule has 0 atom stereocenters. The van der Waals surface area contributed by atoms with Crippen molar-refractivity contribution in [2.75, 3.05) is 6.61 Å². The molecule has 0 bridgehead atoms. The first kappa shape index (κ1) is 35.9. The molecular formula is C42H53N3OS3. The van der Waals surface area contributed by atoms with Crippen molar-refractivity contribution >= 4 is 56.8 Å². The third-order valence-corrected chi connectivity index (χ3v) is 12.8. The van der Waals surface area contributed by atoms with Gasteiger partial charge in [-0.1, -0.05) is 103 Å². The molecule has 0 N–H and O–H groups in total. The average Bonchev–Trinajstić information content (AvgIpc) is 3.89. The lowest BCUT2D eigenvalue weighted by Gasteiger charge is -2.16. The number of aromatic nitrogens is 2. The van der Waals surface area contributed by atoms with Gasteiger partial charge in [0.05, 0.1) is 39.5 Å². The Morgan fingerprint density at radius 2 is 1.27 bits per heavy atom. The van der Waals surface area contributed by atoms with Gasteiger partial charge >= 0.3 is 0 Å². The lowest BCUT2D eigenvalue weighted by Crippen LogP contribution is -2.03. The predicted octanol–water partition coefficient (Wildman–Crippen LogP) is 14.0. The summed E-state index contributed by atoms with van der Waals surface area (Å²) < 4.78 is 16.2. The van der Waals surface area contributed by atoms with Gasteiger partial charge in [-0.15, -0.1) is 22.7 Å². The number of rotatable bonds is 19. The van der Waals surface area contributed by atoms with Crippen LogP contribution in [0.15, 0.2) is 41.4 Å². The minimum atomic E-state index is 0.744. The fourth-order valence-corrected chi connectivity index (χ4v) is 10.2. The van der Waals surface area contributed by atoms with E-state index < -0.39 is 0 Å². The van der Waals surface area contributed by atoms with E-state index in [-0.39, 0.29) is 0 Å². The SMILES string of the molecule is CCCCCCCCCCCCOc1c(C)c(-c2cc3c(s2)-c2sc(C)cc2C3=Nc2ccc(CCCCCC)cc2)c2nsnc2c1C. The van der Waals surface area contributed by atoms with Crippen LogP contribution < -0.4 is 4.74 Å². The summed E-state index contributed by atoms with van der Waals surface area (Å²) in [7, 11) is 0. The average molecular weight is 712 g/mol. The van der Waals surface area contributed by atoms with Crippen molar-refractivity contribution in [3.8, 4) is 25.9 Å². The van der Waals surface area contributed by atoms with Crippen LogP contribution in [0.25, 0.3) is 31.2 Å². The molecule has 0 saturated carbocycles. The topological polar surface area (TPSA) is 47.4 Å². The largest absolute Gasteiger partial charge is 0.493 e. The molecule has 0 saturated heterocycles. The van der Waals surface area contributed by atoms with Gasteiger partial charge in [0.25, 0.3) is 0 Å². The van der Waals surface area contributed by atoms with Crippen molar-refractivity contribution in [1.29, 1.82) is 0 Å². The third kappa shape index (κ3) is 8.37. The van der Waals surface area contributed by atoms with Crippen LogP contribution in [-0.4, -0.2) is 21.1 Å². The van der Waals surface area contributed by atoms with Gasteiger partial charge in [-0.3, -0.25) is 0 Å². The van der Waals surface area contributed by atoms with Gasteiger partial charge in [-0.25, -0.2) is 4.99 Å². The minimum Gasteiger partial charge on any atom is -0.493 e. The number of fused-ring (bicyclic) bond motifs is 4. The Labute approximate surface area is 306 Å². The standard InChI is InChI=1S/C42H53N3OS3/c1-6-8-10-12-13-14-15-16-17-19-25-46-40-29(4)36(39-37(30(40)5)44-49-45-39)35-27-34-38(33-26-28(3)47-41(33)42(34)48-35)43-32-23-21-31(22-24-32)20-18-11-9-7-2/h21-24,26-27H,6-20,25H2,1-5H3. The van der Waals surface area contributed by atoms with Crippen molar-refractivity contribution in [2.45, 2.75) is 131 Å². The van der Waals surface area contributed by atoms with E-state index in [4.69, 9.17) is 18.5 Å². The highest BCUT2D eigenvalue weighted by Gasteiger charge is 2.32. The summed E-state index contributed by atoms with van der Waals surface area (Å²) in [5.74, 6) is 0.982. The van der Waals surface area contributed by atoms with E-state index in [1.54, 1.807) is 0 Å².